The molecule has 1 saturated heterocycles. The lowest BCUT2D eigenvalue weighted by Gasteiger charge is -2.35. The summed E-state index contributed by atoms with van der Waals surface area (Å²) in [4.78, 5) is 25.5. The minimum absolute atomic E-state index is 0.00190. The fourth-order valence-corrected chi connectivity index (χ4v) is 3.72. The number of rotatable bonds is 4. The van der Waals surface area contributed by atoms with Crippen molar-refractivity contribution in [2.24, 2.45) is 0 Å². The fourth-order valence-electron chi connectivity index (χ4n) is 3.50. The Labute approximate surface area is 174 Å². The second-order valence-corrected chi connectivity index (χ2v) is 7.45. The van der Waals surface area contributed by atoms with E-state index in [1.807, 2.05) is 43.0 Å². The summed E-state index contributed by atoms with van der Waals surface area (Å²) in [5.41, 5.74) is 1.51. The Morgan fingerprint density at radius 1 is 1.17 bits per heavy atom. The van der Waals surface area contributed by atoms with Gasteiger partial charge in [0, 0.05) is 32.7 Å². The summed E-state index contributed by atoms with van der Waals surface area (Å²) < 4.78 is 1.75. The third kappa shape index (κ3) is 3.85. The zero-order chi connectivity index (χ0) is 20.4. The van der Waals surface area contributed by atoms with Gasteiger partial charge in [0.05, 0.1) is 22.3 Å². The number of aromatic nitrogens is 4. The van der Waals surface area contributed by atoms with Crippen molar-refractivity contribution in [2.75, 3.05) is 37.6 Å². The molecule has 1 N–H and O–H groups in total. The number of amides is 2. The summed E-state index contributed by atoms with van der Waals surface area (Å²) in [6, 6.07) is 7.56. The van der Waals surface area contributed by atoms with Crippen molar-refractivity contribution < 1.29 is 4.79 Å². The van der Waals surface area contributed by atoms with Gasteiger partial charge in [0.25, 0.3) is 0 Å². The maximum atomic E-state index is 12.2. The average Bonchev–Trinajstić information content (AvgIpc) is 3.15. The fraction of sp³-hybridized carbons (Fsp3) is 0.400. The largest absolute Gasteiger partial charge is 0.352 e. The van der Waals surface area contributed by atoms with Gasteiger partial charge < -0.3 is 15.1 Å². The minimum atomic E-state index is 0.00190. The van der Waals surface area contributed by atoms with Crippen LogP contribution in [0.25, 0.3) is 16.7 Å². The molecule has 0 bridgehead atoms. The molecule has 2 aromatic heterocycles. The zero-order valence-electron chi connectivity index (χ0n) is 16.6. The zero-order valence-corrected chi connectivity index (χ0v) is 17.4. The highest BCUT2D eigenvalue weighted by Gasteiger charge is 2.24. The maximum Gasteiger partial charge on any atom is 0.317 e. The molecule has 0 radical (unpaired) electrons. The Morgan fingerprint density at radius 2 is 1.93 bits per heavy atom. The molecular formula is C20H24ClN7O. The molecule has 0 spiro atoms. The van der Waals surface area contributed by atoms with E-state index in [0.29, 0.717) is 43.6 Å². The third-order valence-electron chi connectivity index (χ3n) is 4.99. The summed E-state index contributed by atoms with van der Waals surface area (Å²) >= 11 is 6.37. The van der Waals surface area contributed by atoms with Gasteiger partial charge in [-0.2, -0.15) is 5.10 Å². The molecule has 2 amide bonds. The maximum absolute atomic E-state index is 12.2. The number of carbonyl (C=O) groups excluding carboxylic acids is 1. The van der Waals surface area contributed by atoms with Crippen LogP contribution < -0.4 is 10.2 Å². The van der Waals surface area contributed by atoms with Gasteiger partial charge in [0.15, 0.2) is 5.65 Å². The molecule has 1 fully saturated rings. The van der Waals surface area contributed by atoms with E-state index in [1.165, 1.54) is 0 Å². The third-order valence-corrected chi connectivity index (χ3v) is 5.31. The van der Waals surface area contributed by atoms with E-state index in [0.717, 1.165) is 29.0 Å². The summed E-state index contributed by atoms with van der Waals surface area (Å²) in [6.07, 6.45) is 2.72. The monoisotopic (exact) mass is 413 g/mol. The first kappa shape index (κ1) is 19.4. The van der Waals surface area contributed by atoms with Crippen molar-refractivity contribution in [3.8, 4) is 5.69 Å². The lowest BCUT2D eigenvalue weighted by molar-refractivity contribution is 0.194. The lowest BCUT2D eigenvalue weighted by Crippen LogP contribution is -2.52. The van der Waals surface area contributed by atoms with Gasteiger partial charge in [0.2, 0.25) is 0 Å². The van der Waals surface area contributed by atoms with Gasteiger partial charge in [-0.05, 0) is 25.5 Å². The standard InChI is InChI=1S/C20H24ClN7O/c1-3-8-22-20(29)27-11-9-26(10-12-27)18-15-13-23-28(19(15)25-14(2)24-18)17-7-5-4-6-16(17)21/h4-7,13H,3,8-12H2,1-2H3,(H,22,29). The Bertz CT molecular complexity index is 1030. The molecule has 0 saturated carbocycles. The number of piperazine rings is 1. The highest BCUT2D eigenvalue weighted by atomic mass is 35.5. The number of nitrogens with one attached hydrogen (secondary N) is 1. The summed E-state index contributed by atoms with van der Waals surface area (Å²) in [6.45, 7) is 7.35. The van der Waals surface area contributed by atoms with Gasteiger partial charge in [-0.1, -0.05) is 30.7 Å². The smallest absolute Gasteiger partial charge is 0.317 e. The van der Waals surface area contributed by atoms with Crippen molar-refractivity contribution in [3.05, 3.63) is 41.3 Å². The first-order valence-corrected chi connectivity index (χ1v) is 10.2. The predicted octanol–water partition coefficient (Wildman–Crippen LogP) is 3.02. The van der Waals surface area contributed by atoms with Crippen LogP contribution in [0.2, 0.25) is 5.02 Å². The van der Waals surface area contributed by atoms with Crippen molar-refractivity contribution in [2.45, 2.75) is 20.3 Å². The summed E-state index contributed by atoms with van der Waals surface area (Å²) in [7, 11) is 0. The molecule has 3 aromatic rings. The average molecular weight is 414 g/mol. The molecule has 0 unspecified atom stereocenters. The lowest BCUT2D eigenvalue weighted by atomic mass is 10.2. The van der Waals surface area contributed by atoms with Crippen molar-refractivity contribution in [1.29, 1.82) is 0 Å². The molecular weight excluding hydrogens is 390 g/mol. The van der Waals surface area contributed by atoms with E-state index in [2.05, 4.69) is 25.3 Å². The molecule has 0 aliphatic carbocycles. The molecule has 9 heteroatoms. The Morgan fingerprint density at radius 3 is 2.66 bits per heavy atom. The first-order chi connectivity index (χ1) is 14.1. The number of nitrogens with zero attached hydrogens (tertiary/aromatic N) is 6. The molecule has 0 atom stereocenters. The van der Waals surface area contributed by atoms with Crippen molar-refractivity contribution in [3.63, 3.8) is 0 Å². The van der Waals surface area contributed by atoms with E-state index >= 15 is 0 Å². The number of aryl methyl sites for hydroxylation is 1. The molecule has 4 rings (SSSR count). The van der Waals surface area contributed by atoms with Crippen LogP contribution in [-0.2, 0) is 0 Å². The van der Waals surface area contributed by atoms with Gasteiger partial charge in [-0.3, -0.25) is 0 Å². The number of benzene rings is 1. The first-order valence-electron chi connectivity index (χ1n) is 9.83. The Balaban J connectivity index is 1.61. The van der Waals surface area contributed by atoms with Crippen LogP contribution in [0.4, 0.5) is 10.6 Å². The number of urea groups is 1. The van der Waals surface area contributed by atoms with Crippen LogP contribution in [0.1, 0.15) is 19.2 Å². The number of hydrogen-bond donors (Lipinski definition) is 1. The topological polar surface area (TPSA) is 79.2 Å². The molecule has 1 aromatic carbocycles. The molecule has 152 valence electrons. The molecule has 1 aliphatic rings. The van der Waals surface area contributed by atoms with Crippen LogP contribution in [0.15, 0.2) is 30.5 Å². The van der Waals surface area contributed by atoms with Crippen LogP contribution in [-0.4, -0.2) is 63.4 Å². The Hall–Kier alpha value is -2.87. The number of halogens is 1. The molecule has 3 heterocycles. The summed E-state index contributed by atoms with van der Waals surface area (Å²) in [5.74, 6) is 1.52. The van der Waals surface area contributed by atoms with Crippen molar-refractivity contribution >= 4 is 34.5 Å². The minimum Gasteiger partial charge on any atom is -0.352 e. The normalized spacial score (nSPS) is 14.4. The number of anilines is 1. The number of para-hydroxylation sites is 1. The van der Waals surface area contributed by atoms with Crippen LogP contribution in [0.3, 0.4) is 0 Å². The van der Waals surface area contributed by atoms with E-state index < -0.39 is 0 Å². The number of fused-ring (bicyclic) bond motifs is 1. The SMILES string of the molecule is CCCNC(=O)N1CCN(c2nc(C)nc3c2cnn3-c2ccccc2Cl)CC1. The van der Waals surface area contributed by atoms with Crippen LogP contribution >= 0.6 is 11.6 Å². The van der Waals surface area contributed by atoms with E-state index in [4.69, 9.17) is 11.6 Å². The number of carbonyl (C=O) groups is 1. The van der Waals surface area contributed by atoms with Crippen LogP contribution in [0, 0.1) is 6.92 Å². The van der Waals surface area contributed by atoms with Gasteiger partial charge in [-0.25, -0.2) is 19.4 Å². The second-order valence-electron chi connectivity index (χ2n) is 7.05. The number of hydrogen-bond acceptors (Lipinski definition) is 5. The van der Waals surface area contributed by atoms with Crippen LogP contribution in [0.5, 0.6) is 0 Å². The van der Waals surface area contributed by atoms with Gasteiger partial charge in [0.1, 0.15) is 11.6 Å². The van der Waals surface area contributed by atoms with E-state index in [-0.39, 0.29) is 6.03 Å². The molecule has 8 nitrogen and oxygen atoms in total. The van der Waals surface area contributed by atoms with E-state index in [9.17, 15) is 4.79 Å². The van der Waals surface area contributed by atoms with Gasteiger partial charge in [-0.15, -0.1) is 0 Å². The van der Waals surface area contributed by atoms with Crippen molar-refractivity contribution in [1.82, 2.24) is 30.0 Å². The molecule has 1 aliphatic heterocycles. The summed E-state index contributed by atoms with van der Waals surface area (Å²) in [5, 5.41) is 8.96. The predicted molar refractivity (Wildman–Crippen MR) is 114 cm³/mol. The quantitative estimate of drug-likeness (QED) is 0.711. The highest BCUT2D eigenvalue weighted by Crippen LogP contribution is 2.28. The Kier molecular flexibility index (Phi) is 5.53. The highest BCUT2D eigenvalue weighted by molar-refractivity contribution is 6.32. The molecule has 29 heavy (non-hydrogen) atoms. The van der Waals surface area contributed by atoms with E-state index in [1.54, 1.807) is 10.9 Å². The second kappa shape index (κ2) is 8.24. The van der Waals surface area contributed by atoms with Gasteiger partial charge >= 0.3 is 6.03 Å².